The van der Waals surface area contributed by atoms with E-state index in [1.54, 1.807) is 0 Å². The first kappa shape index (κ1) is 9.25. The number of aromatic nitrogens is 2. The molecule has 2 aromatic heterocycles. The maximum Gasteiger partial charge on any atom is 0.137 e. The lowest BCUT2D eigenvalue weighted by atomic mass is 9.83. The number of pyridine rings is 1. The number of H-pyrrole nitrogens is 1. The zero-order valence-electron chi connectivity index (χ0n) is 8.96. The Balaban J connectivity index is 2.53. The molecule has 2 rings (SSSR count). The zero-order valence-corrected chi connectivity index (χ0v) is 8.96. The first-order valence-electron chi connectivity index (χ1n) is 5.07. The van der Waals surface area contributed by atoms with Crippen molar-refractivity contribution in [2.75, 3.05) is 0 Å². The monoisotopic (exact) mass is 188 g/mol. The van der Waals surface area contributed by atoms with Crippen molar-refractivity contribution in [2.45, 2.75) is 32.6 Å². The second-order valence-corrected chi connectivity index (χ2v) is 4.38. The molecule has 0 aromatic carbocycles. The summed E-state index contributed by atoms with van der Waals surface area (Å²) in [4.78, 5) is 7.50. The van der Waals surface area contributed by atoms with Gasteiger partial charge in [-0.2, -0.15) is 0 Å². The molecule has 0 saturated carbocycles. The van der Waals surface area contributed by atoms with Crippen molar-refractivity contribution in [1.29, 1.82) is 0 Å². The molecule has 2 heterocycles. The third-order valence-corrected chi connectivity index (χ3v) is 3.07. The smallest absolute Gasteiger partial charge is 0.137 e. The van der Waals surface area contributed by atoms with Crippen LogP contribution in [0, 0.1) is 0 Å². The molecule has 74 valence electrons. The van der Waals surface area contributed by atoms with E-state index in [0.717, 1.165) is 12.1 Å². The number of fused-ring (bicyclic) bond motifs is 1. The van der Waals surface area contributed by atoms with Crippen molar-refractivity contribution in [3.8, 4) is 0 Å². The Labute approximate surface area is 84.4 Å². The third kappa shape index (κ3) is 1.41. The van der Waals surface area contributed by atoms with E-state index in [-0.39, 0.29) is 5.41 Å². The summed E-state index contributed by atoms with van der Waals surface area (Å²) >= 11 is 0. The van der Waals surface area contributed by atoms with E-state index in [1.807, 2.05) is 12.4 Å². The van der Waals surface area contributed by atoms with E-state index < -0.39 is 0 Å². The van der Waals surface area contributed by atoms with Gasteiger partial charge in [-0.25, -0.2) is 4.98 Å². The first-order chi connectivity index (χ1) is 6.63. The maximum atomic E-state index is 4.40. The molecular weight excluding hydrogens is 172 g/mol. The fourth-order valence-corrected chi connectivity index (χ4v) is 1.51. The number of rotatable bonds is 2. The van der Waals surface area contributed by atoms with Crippen LogP contribution < -0.4 is 0 Å². The highest BCUT2D eigenvalue weighted by Gasteiger charge is 2.18. The number of hydrogen-bond donors (Lipinski definition) is 1. The van der Waals surface area contributed by atoms with Crippen molar-refractivity contribution in [2.24, 2.45) is 0 Å². The van der Waals surface area contributed by atoms with E-state index >= 15 is 0 Å². The van der Waals surface area contributed by atoms with Gasteiger partial charge in [0.2, 0.25) is 0 Å². The summed E-state index contributed by atoms with van der Waals surface area (Å²) in [5, 5.41) is 1.20. The fourth-order valence-electron chi connectivity index (χ4n) is 1.51. The van der Waals surface area contributed by atoms with Crippen molar-refractivity contribution >= 4 is 11.0 Å². The van der Waals surface area contributed by atoms with Crippen molar-refractivity contribution in [1.82, 2.24) is 9.97 Å². The molecule has 0 fully saturated rings. The highest BCUT2D eigenvalue weighted by Crippen LogP contribution is 2.27. The van der Waals surface area contributed by atoms with E-state index in [2.05, 4.69) is 42.9 Å². The first-order valence-corrected chi connectivity index (χ1v) is 5.07. The molecule has 0 aliphatic rings. The van der Waals surface area contributed by atoms with Gasteiger partial charge in [0, 0.05) is 17.8 Å². The summed E-state index contributed by atoms with van der Waals surface area (Å²) in [7, 11) is 0. The molecule has 0 aliphatic heterocycles. The summed E-state index contributed by atoms with van der Waals surface area (Å²) < 4.78 is 0. The number of hydrogen-bond acceptors (Lipinski definition) is 1. The minimum Gasteiger partial charge on any atom is -0.346 e. The maximum absolute atomic E-state index is 4.40. The minimum absolute atomic E-state index is 0.221. The molecule has 2 nitrogen and oxygen atoms in total. The predicted molar refractivity (Wildman–Crippen MR) is 59.4 cm³/mol. The second kappa shape index (κ2) is 3.12. The van der Waals surface area contributed by atoms with Gasteiger partial charge in [-0.15, -0.1) is 0 Å². The van der Waals surface area contributed by atoms with Gasteiger partial charge in [0.1, 0.15) is 5.65 Å². The molecule has 1 N–H and O–H groups in total. The van der Waals surface area contributed by atoms with Crippen LogP contribution in [-0.4, -0.2) is 9.97 Å². The average molecular weight is 188 g/mol. The number of nitrogens with zero attached hydrogens (tertiary/aromatic N) is 1. The Morgan fingerprint density at radius 1 is 1.43 bits per heavy atom. The van der Waals surface area contributed by atoms with Crippen LogP contribution in [-0.2, 0) is 5.41 Å². The summed E-state index contributed by atoms with van der Waals surface area (Å²) in [5.74, 6) is 0. The average Bonchev–Trinajstić information content (AvgIpc) is 2.64. The molecule has 0 atom stereocenters. The quantitative estimate of drug-likeness (QED) is 0.770. The largest absolute Gasteiger partial charge is 0.346 e. The van der Waals surface area contributed by atoms with Crippen molar-refractivity contribution < 1.29 is 0 Å². The molecule has 0 aliphatic carbocycles. The van der Waals surface area contributed by atoms with Crippen LogP contribution in [0.25, 0.3) is 11.0 Å². The van der Waals surface area contributed by atoms with Gasteiger partial charge in [0.15, 0.2) is 0 Å². The predicted octanol–water partition coefficient (Wildman–Crippen LogP) is 3.25. The SMILES string of the molecule is CCC(C)(C)c1cnc2[nH]ccc2c1. The number of aromatic amines is 1. The van der Waals surface area contributed by atoms with Gasteiger partial charge in [0.05, 0.1) is 0 Å². The van der Waals surface area contributed by atoms with E-state index in [1.165, 1.54) is 10.9 Å². The van der Waals surface area contributed by atoms with Crippen LogP contribution in [0.1, 0.15) is 32.8 Å². The molecule has 0 saturated heterocycles. The topological polar surface area (TPSA) is 28.7 Å². The molecule has 0 bridgehead atoms. The normalized spacial score (nSPS) is 12.2. The molecule has 14 heavy (non-hydrogen) atoms. The number of nitrogens with one attached hydrogen (secondary N) is 1. The standard InChI is InChI=1S/C12H16N2/c1-4-12(2,3)10-7-9-5-6-13-11(9)14-8-10/h5-8H,4H2,1-3H3,(H,13,14). The van der Waals surface area contributed by atoms with Gasteiger partial charge >= 0.3 is 0 Å². The highest BCUT2D eigenvalue weighted by molar-refractivity contribution is 5.75. The zero-order chi connectivity index (χ0) is 10.2. The van der Waals surface area contributed by atoms with E-state index in [0.29, 0.717) is 0 Å². The Kier molecular flexibility index (Phi) is 2.06. The van der Waals surface area contributed by atoms with Crippen LogP contribution in [0.4, 0.5) is 0 Å². The van der Waals surface area contributed by atoms with Gasteiger partial charge < -0.3 is 4.98 Å². The second-order valence-electron chi connectivity index (χ2n) is 4.38. The Morgan fingerprint density at radius 2 is 2.21 bits per heavy atom. The van der Waals surface area contributed by atoms with Crippen LogP contribution >= 0.6 is 0 Å². The molecule has 0 spiro atoms. The molecule has 2 heteroatoms. The fraction of sp³-hybridized carbons (Fsp3) is 0.417. The molecule has 2 aromatic rings. The van der Waals surface area contributed by atoms with Crippen molar-refractivity contribution in [3.63, 3.8) is 0 Å². The molecule has 0 radical (unpaired) electrons. The molecule has 0 unspecified atom stereocenters. The van der Waals surface area contributed by atoms with Crippen LogP contribution in [0.15, 0.2) is 24.5 Å². The molecule has 0 amide bonds. The van der Waals surface area contributed by atoms with Crippen LogP contribution in [0.5, 0.6) is 0 Å². The Bertz CT molecular complexity index is 440. The lowest BCUT2D eigenvalue weighted by molar-refractivity contribution is 0.505. The summed E-state index contributed by atoms with van der Waals surface area (Å²) in [6, 6.07) is 4.29. The Morgan fingerprint density at radius 3 is 2.93 bits per heavy atom. The van der Waals surface area contributed by atoms with Gasteiger partial charge in [0.25, 0.3) is 0 Å². The third-order valence-electron chi connectivity index (χ3n) is 3.07. The lowest BCUT2D eigenvalue weighted by Gasteiger charge is -2.22. The van der Waals surface area contributed by atoms with E-state index in [4.69, 9.17) is 0 Å². The van der Waals surface area contributed by atoms with Crippen LogP contribution in [0.3, 0.4) is 0 Å². The van der Waals surface area contributed by atoms with Crippen molar-refractivity contribution in [3.05, 3.63) is 30.1 Å². The van der Waals surface area contributed by atoms with Gasteiger partial charge in [-0.3, -0.25) is 0 Å². The van der Waals surface area contributed by atoms with Gasteiger partial charge in [-0.05, 0) is 29.5 Å². The minimum atomic E-state index is 0.221. The summed E-state index contributed by atoms with van der Waals surface area (Å²) in [6.45, 7) is 6.71. The van der Waals surface area contributed by atoms with E-state index in [9.17, 15) is 0 Å². The molecular formula is C12H16N2. The lowest BCUT2D eigenvalue weighted by Crippen LogP contribution is -2.15. The summed E-state index contributed by atoms with van der Waals surface area (Å²) in [6.07, 6.45) is 5.04. The van der Waals surface area contributed by atoms with Gasteiger partial charge in [-0.1, -0.05) is 20.8 Å². The van der Waals surface area contributed by atoms with Crippen LogP contribution in [0.2, 0.25) is 0 Å². The Hall–Kier alpha value is -1.31. The highest BCUT2D eigenvalue weighted by atomic mass is 14.8. The summed E-state index contributed by atoms with van der Waals surface area (Å²) in [5.41, 5.74) is 2.51.